The van der Waals surface area contributed by atoms with Crippen LogP contribution in [0.25, 0.3) is 10.9 Å². The average Bonchev–Trinajstić information content (AvgIpc) is 3.00. The molecule has 3 rings (SSSR count). The van der Waals surface area contributed by atoms with Gasteiger partial charge in [0.05, 0.1) is 11.7 Å². The van der Waals surface area contributed by atoms with Gasteiger partial charge in [-0.15, -0.1) is 0 Å². The predicted molar refractivity (Wildman–Crippen MR) is 87.5 cm³/mol. The number of benzene rings is 1. The Hall–Kier alpha value is -1.32. The Morgan fingerprint density at radius 1 is 1.33 bits per heavy atom. The molecule has 1 N–H and O–H groups in total. The molecular weight excluding hydrogens is 260 g/mol. The topological polar surface area (TPSA) is 26.2 Å². The number of nitrogens with zero attached hydrogens (tertiary/aromatic N) is 1. The predicted octanol–water partition coefficient (Wildman–Crippen LogP) is 3.71. The zero-order valence-corrected chi connectivity index (χ0v) is 13.4. The Balaban J connectivity index is 1.75. The maximum atomic E-state index is 6.12. The molecular formula is C18H26N2O. The fraction of sp³-hybridized carbons (Fsp3) is 0.556. The van der Waals surface area contributed by atoms with E-state index in [0.717, 1.165) is 32.5 Å². The summed E-state index contributed by atoms with van der Waals surface area (Å²) < 4.78 is 8.45. The minimum Gasteiger partial charge on any atom is -0.370 e. The van der Waals surface area contributed by atoms with E-state index in [9.17, 15) is 0 Å². The standard InChI is InChI=1S/C18H26N2O/c1-4-19-12-14-5-6-17-15(11-14)8-10-20(17)13-16-7-9-18(2,3)21-16/h5-6,8,10-11,16,19H,4,7,9,12-13H2,1-3H3. The summed E-state index contributed by atoms with van der Waals surface area (Å²) in [7, 11) is 0. The van der Waals surface area contributed by atoms with Gasteiger partial charge in [0.25, 0.3) is 0 Å². The third-order valence-electron chi connectivity index (χ3n) is 4.37. The molecule has 21 heavy (non-hydrogen) atoms. The third-order valence-corrected chi connectivity index (χ3v) is 4.37. The van der Waals surface area contributed by atoms with Crippen LogP contribution in [-0.4, -0.2) is 22.8 Å². The molecule has 3 nitrogen and oxygen atoms in total. The molecule has 114 valence electrons. The van der Waals surface area contributed by atoms with Crippen LogP contribution in [0.15, 0.2) is 30.5 Å². The minimum atomic E-state index is 0.0482. The molecule has 0 aliphatic carbocycles. The second kappa shape index (κ2) is 5.82. The first kappa shape index (κ1) is 14.6. The number of aromatic nitrogens is 1. The number of hydrogen-bond acceptors (Lipinski definition) is 2. The van der Waals surface area contributed by atoms with Crippen molar-refractivity contribution < 1.29 is 4.74 Å². The first-order valence-corrected chi connectivity index (χ1v) is 8.04. The highest BCUT2D eigenvalue weighted by molar-refractivity contribution is 5.80. The van der Waals surface area contributed by atoms with E-state index in [-0.39, 0.29) is 5.60 Å². The summed E-state index contributed by atoms with van der Waals surface area (Å²) in [5, 5.41) is 4.70. The van der Waals surface area contributed by atoms with Crippen LogP contribution >= 0.6 is 0 Å². The Labute approximate surface area is 127 Å². The molecule has 0 saturated carbocycles. The summed E-state index contributed by atoms with van der Waals surface area (Å²) in [5.41, 5.74) is 2.70. The normalized spacial score (nSPS) is 21.2. The van der Waals surface area contributed by atoms with Crippen LogP contribution in [0.1, 0.15) is 39.2 Å². The number of rotatable bonds is 5. The molecule has 0 spiro atoms. The highest BCUT2D eigenvalue weighted by Crippen LogP contribution is 2.31. The lowest BCUT2D eigenvalue weighted by Gasteiger charge is -2.20. The van der Waals surface area contributed by atoms with Crippen molar-refractivity contribution in [1.29, 1.82) is 0 Å². The van der Waals surface area contributed by atoms with Crippen LogP contribution in [0, 0.1) is 0 Å². The summed E-state index contributed by atoms with van der Waals surface area (Å²) in [4.78, 5) is 0. The SMILES string of the molecule is CCNCc1ccc2c(ccn2CC2CCC(C)(C)O2)c1. The summed E-state index contributed by atoms with van der Waals surface area (Å²) >= 11 is 0. The number of fused-ring (bicyclic) bond motifs is 1. The molecule has 2 heterocycles. The van der Waals surface area contributed by atoms with Crippen LogP contribution in [0.3, 0.4) is 0 Å². The summed E-state index contributed by atoms with van der Waals surface area (Å²) in [5.74, 6) is 0. The van der Waals surface area contributed by atoms with E-state index in [1.807, 2.05) is 0 Å². The van der Waals surface area contributed by atoms with Crippen LogP contribution in [-0.2, 0) is 17.8 Å². The van der Waals surface area contributed by atoms with Crippen molar-refractivity contribution in [3.63, 3.8) is 0 Å². The van der Waals surface area contributed by atoms with Gasteiger partial charge in [0.2, 0.25) is 0 Å². The van der Waals surface area contributed by atoms with Crippen molar-refractivity contribution in [1.82, 2.24) is 9.88 Å². The summed E-state index contributed by atoms with van der Waals surface area (Å²) in [6.07, 6.45) is 4.85. The number of nitrogens with one attached hydrogen (secondary N) is 1. The molecule has 1 aromatic carbocycles. The summed E-state index contributed by atoms with van der Waals surface area (Å²) in [6.45, 7) is 9.42. The van der Waals surface area contributed by atoms with Crippen LogP contribution in [0.2, 0.25) is 0 Å². The van der Waals surface area contributed by atoms with E-state index < -0.39 is 0 Å². The van der Waals surface area contributed by atoms with Gasteiger partial charge in [0, 0.05) is 24.8 Å². The molecule has 2 aromatic rings. The Kier molecular flexibility index (Phi) is 4.05. The van der Waals surface area contributed by atoms with Gasteiger partial charge in [-0.2, -0.15) is 0 Å². The molecule has 1 unspecified atom stereocenters. The average molecular weight is 286 g/mol. The van der Waals surface area contributed by atoms with Gasteiger partial charge in [-0.05, 0) is 62.4 Å². The van der Waals surface area contributed by atoms with Crippen molar-refractivity contribution >= 4 is 10.9 Å². The molecule has 0 bridgehead atoms. The van der Waals surface area contributed by atoms with E-state index in [0.29, 0.717) is 6.10 Å². The van der Waals surface area contributed by atoms with Crippen molar-refractivity contribution in [3.05, 3.63) is 36.0 Å². The Bertz CT molecular complexity index is 615. The van der Waals surface area contributed by atoms with Gasteiger partial charge in [-0.3, -0.25) is 0 Å². The van der Waals surface area contributed by atoms with Gasteiger partial charge in [0.15, 0.2) is 0 Å². The van der Waals surface area contributed by atoms with E-state index in [1.54, 1.807) is 0 Å². The van der Waals surface area contributed by atoms with Crippen molar-refractivity contribution in [2.75, 3.05) is 6.54 Å². The molecule has 1 atom stereocenters. The van der Waals surface area contributed by atoms with Gasteiger partial charge in [-0.25, -0.2) is 0 Å². The molecule has 1 aromatic heterocycles. The maximum absolute atomic E-state index is 6.12. The zero-order valence-electron chi connectivity index (χ0n) is 13.4. The second-order valence-corrected chi connectivity index (χ2v) is 6.68. The van der Waals surface area contributed by atoms with Crippen molar-refractivity contribution in [3.8, 4) is 0 Å². The van der Waals surface area contributed by atoms with E-state index in [2.05, 4.69) is 61.1 Å². The summed E-state index contributed by atoms with van der Waals surface area (Å²) in [6, 6.07) is 8.96. The van der Waals surface area contributed by atoms with Crippen molar-refractivity contribution in [2.45, 2.75) is 58.4 Å². The monoisotopic (exact) mass is 286 g/mol. The molecule has 1 saturated heterocycles. The maximum Gasteiger partial charge on any atom is 0.0762 e. The highest BCUT2D eigenvalue weighted by Gasteiger charge is 2.31. The molecule has 1 fully saturated rings. The van der Waals surface area contributed by atoms with Gasteiger partial charge in [-0.1, -0.05) is 13.0 Å². The number of hydrogen-bond donors (Lipinski definition) is 1. The van der Waals surface area contributed by atoms with Crippen LogP contribution in [0.4, 0.5) is 0 Å². The fourth-order valence-corrected chi connectivity index (χ4v) is 3.21. The Morgan fingerprint density at radius 3 is 2.90 bits per heavy atom. The lowest BCUT2D eigenvalue weighted by Crippen LogP contribution is -2.22. The van der Waals surface area contributed by atoms with Crippen LogP contribution < -0.4 is 5.32 Å². The van der Waals surface area contributed by atoms with Gasteiger partial charge < -0.3 is 14.6 Å². The molecule has 1 aliphatic heterocycles. The van der Waals surface area contributed by atoms with E-state index in [1.165, 1.54) is 16.5 Å². The largest absolute Gasteiger partial charge is 0.370 e. The first-order valence-electron chi connectivity index (χ1n) is 8.04. The first-order chi connectivity index (χ1) is 10.1. The third kappa shape index (κ3) is 3.30. The van der Waals surface area contributed by atoms with Crippen molar-refractivity contribution in [2.24, 2.45) is 0 Å². The number of ether oxygens (including phenoxy) is 1. The molecule has 0 amide bonds. The highest BCUT2D eigenvalue weighted by atomic mass is 16.5. The fourth-order valence-electron chi connectivity index (χ4n) is 3.21. The van der Waals surface area contributed by atoms with Gasteiger partial charge in [0.1, 0.15) is 0 Å². The van der Waals surface area contributed by atoms with E-state index in [4.69, 9.17) is 4.74 Å². The van der Waals surface area contributed by atoms with E-state index >= 15 is 0 Å². The molecule has 3 heteroatoms. The quantitative estimate of drug-likeness (QED) is 0.907. The molecule has 0 radical (unpaired) electrons. The van der Waals surface area contributed by atoms with Crippen LogP contribution in [0.5, 0.6) is 0 Å². The lowest BCUT2D eigenvalue weighted by molar-refractivity contribution is -0.0212. The van der Waals surface area contributed by atoms with Gasteiger partial charge >= 0.3 is 0 Å². The second-order valence-electron chi connectivity index (χ2n) is 6.68. The molecule has 1 aliphatic rings. The zero-order chi connectivity index (χ0) is 14.9. The Morgan fingerprint density at radius 2 is 2.19 bits per heavy atom. The lowest BCUT2D eigenvalue weighted by atomic mass is 10.1. The minimum absolute atomic E-state index is 0.0482. The smallest absolute Gasteiger partial charge is 0.0762 e.